The highest BCUT2D eigenvalue weighted by molar-refractivity contribution is 5.55. The average Bonchev–Trinajstić information content (AvgIpc) is 2.37. The van der Waals surface area contributed by atoms with Gasteiger partial charge in [-0.05, 0) is 5.92 Å². The first-order chi connectivity index (χ1) is 8.47. The van der Waals surface area contributed by atoms with Crippen LogP contribution in [0.4, 0.5) is 17.3 Å². The number of hydrazine groups is 1. The summed E-state index contributed by atoms with van der Waals surface area (Å²) in [6, 6.07) is 2.75. The second kappa shape index (κ2) is 6.15. The Labute approximate surface area is 106 Å². The molecule has 0 amide bonds. The maximum Gasteiger partial charge on any atom is 0.276 e. The molecule has 1 atom stereocenters. The van der Waals surface area contributed by atoms with E-state index < -0.39 is 4.92 Å². The smallest absolute Gasteiger partial charge is 0.276 e. The Bertz CT molecular complexity index is 424. The van der Waals surface area contributed by atoms with Crippen LogP contribution >= 0.6 is 0 Å². The van der Waals surface area contributed by atoms with Gasteiger partial charge in [0.15, 0.2) is 0 Å². The number of hydrogen-bond acceptors (Lipinski definition) is 6. The normalized spacial score (nSPS) is 12.0. The molecule has 0 bridgehead atoms. The average molecular weight is 253 g/mol. The minimum Gasteiger partial charge on any atom is -0.359 e. The van der Waals surface area contributed by atoms with Gasteiger partial charge in [0.2, 0.25) is 0 Å². The first-order valence-electron chi connectivity index (χ1n) is 5.82. The molecule has 0 saturated carbocycles. The molecule has 0 saturated heterocycles. The largest absolute Gasteiger partial charge is 0.359 e. The van der Waals surface area contributed by atoms with Crippen LogP contribution in [0.25, 0.3) is 0 Å². The topological polar surface area (TPSA) is 97.3 Å². The Morgan fingerprint density at radius 1 is 1.61 bits per heavy atom. The van der Waals surface area contributed by atoms with Crippen LogP contribution in [0.2, 0.25) is 0 Å². The van der Waals surface area contributed by atoms with Crippen molar-refractivity contribution in [1.82, 2.24) is 4.98 Å². The minimum atomic E-state index is -0.455. The zero-order valence-corrected chi connectivity index (χ0v) is 10.9. The molecule has 0 fully saturated rings. The summed E-state index contributed by atoms with van der Waals surface area (Å²) in [4.78, 5) is 16.5. The third kappa shape index (κ3) is 3.56. The van der Waals surface area contributed by atoms with E-state index in [1.54, 1.807) is 0 Å². The zero-order valence-electron chi connectivity index (χ0n) is 10.9. The van der Waals surface area contributed by atoms with Gasteiger partial charge in [0, 0.05) is 13.6 Å². The quantitative estimate of drug-likeness (QED) is 0.455. The lowest BCUT2D eigenvalue weighted by Crippen LogP contribution is -2.25. The van der Waals surface area contributed by atoms with Crippen molar-refractivity contribution in [2.24, 2.45) is 11.8 Å². The number of nitrogens with two attached hydrogens (primary N) is 1. The van der Waals surface area contributed by atoms with Gasteiger partial charge in [0.25, 0.3) is 5.69 Å². The fourth-order valence-corrected chi connectivity index (χ4v) is 1.57. The Hall–Kier alpha value is -1.89. The number of nitrogen functional groups attached to an aromatic ring is 1. The molecule has 0 spiro atoms. The Balaban J connectivity index is 3.00. The highest BCUT2D eigenvalue weighted by atomic mass is 16.6. The fourth-order valence-electron chi connectivity index (χ4n) is 1.57. The number of anilines is 2. The van der Waals surface area contributed by atoms with Gasteiger partial charge in [-0.2, -0.15) is 0 Å². The first-order valence-corrected chi connectivity index (χ1v) is 5.82. The lowest BCUT2D eigenvalue weighted by Gasteiger charge is -2.21. The highest BCUT2D eigenvalue weighted by Gasteiger charge is 2.14. The molecule has 3 N–H and O–H groups in total. The van der Waals surface area contributed by atoms with Gasteiger partial charge in [0.05, 0.1) is 17.1 Å². The van der Waals surface area contributed by atoms with Gasteiger partial charge in [-0.25, -0.2) is 10.8 Å². The number of aromatic nitrogens is 1. The van der Waals surface area contributed by atoms with Crippen molar-refractivity contribution in [2.75, 3.05) is 23.9 Å². The number of nitrogens with one attached hydrogen (secondary N) is 1. The molecule has 1 rings (SSSR count). The van der Waals surface area contributed by atoms with Gasteiger partial charge >= 0.3 is 0 Å². The van der Waals surface area contributed by atoms with Gasteiger partial charge in [-0.1, -0.05) is 20.3 Å². The maximum atomic E-state index is 10.8. The summed E-state index contributed by atoms with van der Waals surface area (Å²) in [7, 11) is 1.86. The molecule has 1 unspecified atom stereocenters. The van der Waals surface area contributed by atoms with Crippen molar-refractivity contribution in [1.29, 1.82) is 0 Å². The molecular formula is C11H19N5O2. The van der Waals surface area contributed by atoms with Crippen LogP contribution in [0.1, 0.15) is 20.3 Å². The molecule has 0 aliphatic heterocycles. The summed E-state index contributed by atoms with van der Waals surface area (Å²) in [6.45, 7) is 5.01. The van der Waals surface area contributed by atoms with E-state index in [-0.39, 0.29) is 11.5 Å². The van der Waals surface area contributed by atoms with E-state index in [9.17, 15) is 10.1 Å². The van der Waals surface area contributed by atoms with Gasteiger partial charge in [-0.3, -0.25) is 10.1 Å². The van der Waals surface area contributed by atoms with E-state index in [0.29, 0.717) is 11.7 Å². The van der Waals surface area contributed by atoms with Crippen molar-refractivity contribution in [3.63, 3.8) is 0 Å². The van der Waals surface area contributed by atoms with E-state index in [2.05, 4.69) is 24.3 Å². The number of rotatable bonds is 6. The second-order valence-electron chi connectivity index (χ2n) is 4.36. The van der Waals surface area contributed by atoms with E-state index in [0.717, 1.165) is 13.0 Å². The van der Waals surface area contributed by atoms with Crippen LogP contribution in [-0.2, 0) is 0 Å². The Kier molecular flexibility index (Phi) is 4.85. The van der Waals surface area contributed by atoms with Gasteiger partial charge in [0.1, 0.15) is 11.6 Å². The number of nitro groups is 1. The molecule has 0 aliphatic carbocycles. The molecule has 7 nitrogen and oxygen atoms in total. The molecule has 7 heteroatoms. The van der Waals surface area contributed by atoms with Crippen LogP contribution < -0.4 is 16.2 Å². The number of pyridine rings is 1. The molecule has 0 aromatic carbocycles. The summed E-state index contributed by atoms with van der Waals surface area (Å²) in [5, 5.41) is 10.8. The predicted molar refractivity (Wildman–Crippen MR) is 71.4 cm³/mol. The SMILES string of the molecule is CCC(C)CN(C)c1cc([N+](=O)[O-])cc(NN)n1. The summed E-state index contributed by atoms with van der Waals surface area (Å²) >= 11 is 0. The van der Waals surface area contributed by atoms with E-state index in [1.807, 2.05) is 11.9 Å². The molecule has 18 heavy (non-hydrogen) atoms. The monoisotopic (exact) mass is 253 g/mol. The fraction of sp³-hybridized carbons (Fsp3) is 0.545. The van der Waals surface area contributed by atoms with Crippen molar-refractivity contribution >= 4 is 17.3 Å². The number of hydrogen-bond donors (Lipinski definition) is 2. The molecule has 100 valence electrons. The molecule has 1 aromatic rings. The third-order valence-corrected chi connectivity index (χ3v) is 2.83. The summed E-state index contributed by atoms with van der Waals surface area (Å²) < 4.78 is 0. The van der Waals surface area contributed by atoms with Crippen LogP contribution in [0.15, 0.2) is 12.1 Å². The Morgan fingerprint density at radius 3 is 2.78 bits per heavy atom. The standard InChI is InChI=1S/C11H19N5O2/c1-4-8(2)7-15(3)11-6-9(16(17)18)5-10(13-11)14-12/h5-6,8H,4,7,12H2,1-3H3,(H,13,14). The molecule has 0 aliphatic rings. The van der Waals surface area contributed by atoms with Crippen molar-refractivity contribution < 1.29 is 4.92 Å². The van der Waals surface area contributed by atoms with E-state index in [4.69, 9.17) is 5.84 Å². The number of nitrogens with zero attached hydrogens (tertiary/aromatic N) is 3. The summed E-state index contributed by atoms with van der Waals surface area (Å²) in [5.41, 5.74) is 2.32. The van der Waals surface area contributed by atoms with Crippen LogP contribution in [0.3, 0.4) is 0 Å². The molecule has 1 aromatic heterocycles. The van der Waals surface area contributed by atoms with Crippen molar-refractivity contribution in [2.45, 2.75) is 20.3 Å². The third-order valence-electron chi connectivity index (χ3n) is 2.83. The van der Waals surface area contributed by atoms with E-state index >= 15 is 0 Å². The second-order valence-corrected chi connectivity index (χ2v) is 4.36. The molecular weight excluding hydrogens is 234 g/mol. The van der Waals surface area contributed by atoms with Gasteiger partial charge in [-0.15, -0.1) is 0 Å². The zero-order chi connectivity index (χ0) is 13.7. The lowest BCUT2D eigenvalue weighted by molar-refractivity contribution is -0.384. The first kappa shape index (κ1) is 14.2. The Morgan fingerprint density at radius 2 is 2.28 bits per heavy atom. The van der Waals surface area contributed by atoms with Crippen LogP contribution in [-0.4, -0.2) is 23.5 Å². The van der Waals surface area contributed by atoms with Crippen LogP contribution in [0, 0.1) is 16.0 Å². The van der Waals surface area contributed by atoms with E-state index in [1.165, 1.54) is 12.1 Å². The maximum absolute atomic E-state index is 10.8. The minimum absolute atomic E-state index is 0.0241. The predicted octanol–water partition coefficient (Wildman–Crippen LogP) is 1.76. The molecule has 1 heterocycles. The van der Waals surface area contributed by atoms with Gasteiger partial charge < -0.3 is 10.3 Å². The highest BCUT2D eigenvalue weighted by Crippen LogP contribution is 2.22. The molecule has 0 radical (unpaired) electrons. The summed E-state index contributed by atoms with van der Waals surface area (Å²) in [5.74, 6) is 6.58. The van der Waals surface area contributed by atoms with Crippen molar-refractivity contribution in [3.8, 4) is 0 Å². The lowest BCUT2D eigenvalue weighted by atomic mass is 10.1. The van der Waals surface area contributed by atoms with Crippen LogP contribution in [0.5, 0.6) is 0 Å². The summed E-state index contributed by atoms with van der Waals surface area (Å²) in [6.07, 6.45) is 1.04. The van der Waals surface area contributed by atoms with Crippen molar-refractivity contribution in [3.05, 3.63) is 22.2 Å².